The number of urea groups is 1. The average Bonchev–Trinajstić information content (AvgIpc) is 3.34. The van der Waals surface area contributed by atoms with Gasteiger partial charge in [0.2, 0.25) is 5.91 Å². The maximum atomic E-state index is 13.5. The Morgan fingerprint density at radius 3 is 2.63 bits per heavy atom. The van der Waals surface area contributed by atoms with Gasteiger partial charge >= 0.3 is 6.03 Å². The molecule has 4 amide bonds. The van der Waals surface area contributed by atoms with Gasteiger partial charge in [-0.25, -0.2) is 9.78 Å². The zero-order valence-electron chi connectivity index (χ0n) is 22.2. The number of pyridine rings is 1. The minimum absolute atomic E-state index is 0.117. The molecule has 0 saturated carbocycles. The third-order valence-corrected chi connectivity index (χ3v) is 8.35. The quantitative estimate of drug-likeness (QED) is 0.308. The lowest BCUT2D eigenvalue weighted by Gasteiger charge is -2.32. The first-order valence-electron chi connectivity index (χ1n) is 13.2. The number of para-hydroxylation sites is 1. The van der Waals surface area contributed by atoms with Crippen molar-refractivity contribution in [1.29, 1.82) is 5.26 Å². The van der Waals surface area contributed by atoms with Gasteiger partial charge in [-0.3, -0.25) is 14.5 Å². The van der Waals surface area contributed by atoms with E-state index < -0.39 is 0 Å². The van der Waals surface area contributed by atoms with Crippen LogP contribution >= 0.6 is 11.3 Å². The Hall–Kier alpha value is -4.95. The van der Waals surface area contributed by atoms with Gasteiger partial charge in [-0.1, -0.05) is 18.2 Å². The maximum absolute atomic E-state index is 13.5. The van der Waals surface area contributed by atoms with E-state index in [2.05, 4.69) is 15.6 Å². The summed E-state index contributed by atoms with van der Waals surface area (Å²) in [4.78, 5) is 47.7. The third-order valence-electron chi connectivity index (χ3n) is 7.25. The van der Waals surface area contributed by atoms with Crippen molar-refractivity contribution in [2.45, 2.75) is 32.2 Å². The summed E-state index contributed by atoms with van der Waals surface area (Å²) in [5.74, 6) is 0.900. The average molecular weight is 567 g/mol. The first-order chi connectivity index (χ1) is 19.9. The summed E-state index contributed by atoms with van der Waals surface area (Å²) >= 11 is 1.23. The Balaban J connectivity index is 1.24. The molecule has 0 spiro atoms. The highest BCUT2D eigenvalue weighted by molar-refractivity contribution is 7.21. The van der Waals surface area contributed by atoms with E-state index in [4.69, 9.17) is 10.00 Å². The number of anilines is 3. The zero-order chi connectivity index (χ0) is 28.5. The smallest absolute Gasteiger partial charge is 0.331 e. The molecule has 6 rings (SSSR count). The van der Waals surface area contributed by atoms with Gasteiger partial charge in [-0.2, -0.15) is 5.26 Å². The molecule has 10 nitrogen and oxygen atoms in total. The van der Waals surface area contributed by atoms with Crippen LogP contribution in [0.3, 0.4) is 0 Å². The normalized spacial score (nSPS) is 14.9. The maximum Gasteiger partial charge on any atom is 0.331 e. The molecular weight excluding hydrogens is 540 g/mol. The molecule has 2 aromatic heterocycles. The number of nitrogens with zero attached hydrogens (tertiary/aromatic N) is 4. The second kappa shape index (κ2) is 10.9. The van der Waals surface area contributed by atoms with E-state index in [1.807, 2.05) is 61.5 Å². The van der Waals surface area contributed by atoms with Gasteiger partial charge in [0.05, 0.1) is 28.5 Å². The van der Waals surface area contributed by atoms with Crippen LogP contribution in [-0.4, -0.2) is 46.9 Å². The molecule has 0 unspecified atom stereocenters. The van der Waals surface area contributed by atoms with Crippen LogP contribution in [0, 0.1) is 18.3 Å². The van der Waals surface area contributed by atoms with Crippen LogP contribution in [-0.2, 0) is 4.79 Å². The number of amides is 4. The fourth-order valence-corrected chi connectivity index (χ4v) is 6.28. The number of likely N-dealkylation sites (tertiary alicyclic amines) is 1. The first kappa shape index (κ1) is 26.3. The van der Waals surface area contributed by atoms with Crippen molar-refractivity contribution in [2.24, 2.45) is 0 Å². The number of carbonyl (C=O) groups is 3. The number of nitriles is 1. The molecule has 4 aromatic rings. The number of aromatic nitrogens is 1. The van der Waals surface area contributed by atoms with Gasteiger partial charge in [-0.15, -0.1) is 11.3 Å². The van der Waals surface area contributed by atoms with Crippen LogP contribution in [0.2, 0.25) is 0 Å². The third kappa shape index (κ3) is 5.05. The van der Waals surface area contributed by atoms with Gasteiger partial charge in [0, 0.05) is 25.3 Å². The number of benzene rings is 2. The minimum Gasteiger partial charge on any atom is -0.457 e. The van der Waals surface area contributed by atoms with Crippen LogP contribution < -0.4 is 20.3 Å². The lowest BCUT2D eigenvalue weighted by atomic mass is 10.0. The van der Waals surface area contributed by atoms with E-state index in [0.29, 0.717) is 63.8 Å². The number of piperidine rings is 1. The Kier molecular flexibility index (Phi) is 6.99. The fraction of sp³-hybridized carbons (Fsp3) is 0.233. The van der Waals surface area contributed by atoms with Gasteiger partial charge in [0.25, 0.3) is 5.91 Å². The van der Waals surface area contributed by atoms with Gasteiger partial charge in [-0.05, 0) is 61.7 Å². The highest BCUT2D eigenvalue weighted by Crippen LogP contribution is 2.46. The van der Waals surface area contributed by atoms with Crippen molar-refractivity contribution < 1.29 is 19.1 Å². The highest BCUT2D eigenvalue weighted by Gasteiger charge is 2.34. The molecule has 0 bridgehead atoms. The van der Waals surface area contributed by atoms with Gasteiger partial charge in [0.15, 0.2) is 0 Å². The molecule has 0 atom stereocenters. The summed E-state index contributed by atoms with van der Waals surface area (Å²) in [6.45, 7) is 2.88. The molecular formula is C30H26N6O4S. The topological polar surface area (TPSA) is 128 Å². The van der Waals surface area contributed by atoms with E-state index >= 15 is 0 Å². The largest absolute Gasteiger partial charge is 0.457 e. The molecule has 0 radical (unpaired) electrons. The molecule has 4 heterocycles. The standard InChI is InChI=1S/C30H26N6O4S/c1-18-17-21(40-20-5-3-2-4-6-20)7-8-22(18)36-23-10-14-32-29-25(23)26(34-30(36)39)27(41-29)28(38)33-19-11-15-35(16-12-19)24(37)9-13-31/h2-8,10,14,17,19H,9,11-12,15-16H2,1H3,(H,33,38)(H,34,39). The molecule has 1 saturated heterocycles. The van der Waals surface area contributed by atoms with Gasteiger partial charge in [0.1, 0.15) is 27.6 Å². The number of thiophene rings is 1. The predicted molar refractivity (Wildman–Crippen MR) is 156 cm³/mol. The van der Waals surface area contributed by atoms with Crippen molar-refractivity contribution in [3.8, 4) is 17.6 Å². The van der Waals surface area contributed by atoms with E-state index in [1.54, 1.807) is 22.1 Å². The number of carbonyl (C=O) groups excluding carboxylic acids is 3. The van der Waals surface area contributed by atoms with Gasteiger partial charge < -0.3 is 20.3 Å². The Morgan fingerprint density at radius 2 is 1.90 bits per heavy atom. The number of aryl methyl sites for hydroxylation is 1. The molecule has 2 aromatic carbocycles. The molecule has 206 valence electrons. The molecule has 2 N–H and O–H groups in total. The predicted octanol–water partition coefficient (Wildman–Crippen LogP) is 5.72. The summed E-state index contributed by atoms with van der Waals surface area (Å²) in [5, 5.41) is 15.5. The van der Waals surface area contributed by atoms with Crippen LogP contribution in [0.1, 0.15) is 34.5 Å². The molecule has 2 aliphatic heterocycles. The first-order valence-corrected chi connectivity index (χ1v) is 14.1. The van der Waals surface area contributed by atoms with E-state index in [9.17, 15) is 14.4 Å². The van der Waals surface area contributed by atoms with E-state index in [-0.39, 0.29) is 30.3 Å². The van der Waals surface area contributed by atoms with E-state index in [1.165, 1.54) is 11.3 Å². The summed E-state index contributed by atoms with van der Waals surface area (Å²) in [7, 11) is 0. The molecule has 1 fully saturated rings. The summed E-state index contributed by atoms with van der Waals surface area (Å²) in [6.07, 6.45) is 2.69. The highest BCUT2D eigenvalue weighted by atomic mass is 32.1. The number of hydrogen-bond acceptors (Lipinski definition) is 7. The monoisotopic (exact) mass is 566 g/mol. The fourth-order valence-electron chi connectivity index (χ4n) is 5.25. The second-order valence-corrected chi connectivity index (χ2v) is 10.9. The van der Waals surface area contributed by atoms with Crippen molar-refractivity contribution in [2.75, 3.05) is 23.3 Å². The minimum atomic E-state index is -0.374. The van der Waals surface area contributed by atoms with Crippen LogP contribution in [0.25, 0.3) is 10.2 Å². The summed E-state index contributed by atoms with van der Waals surface area (Å²) in [6, 6.07) is 18.2. The number of ether oxygens (including phenoxy) is 1. The number of hydrogen-bond donors (Lipinski definition) is 2. The zero-order valence-corrected chi connectivity index (χ0v) is 23.0. The van der Waals surface area contributed by atoms with Crippen molar-refractivity contribution >= 4 is 56.5 Å². The Labute approximate surface area is 240 Å². The molecule has 11 heteroatoms. The van der Waals surface area contributed by atoms with Crippen molar-refractivity contribution in [3.63, 3.8) is 0 Å². The van der Waals surface area contributed by atoms with Crippen molar-refractivity contribution in [1.82, 2.24) is 15.2 Å². The second-order valence-electron chi connectivity index (χ2n) is 9.91. The number of rotatable bonds is 6. The summed E-state index contributed by atoms with van der Waals surface area (Å²) < 4.78 is 5.96. The van der Waals surface area contributed by atoms with E-state index in [0.717, 1.165) is 11.3 Å². The molecule has 0 aliphatic carbocycles. The number of nitrogens with one attached hydrogen (secondary N) is 2. The van der Waals surface area contributed by atoms with Crippen LogP contribution in [0.5, 0.6) is 11.5 Å². The Morgan fingerprint density at radius 1 is 1.12 bits per heavy atom. The lowest BCUT2D eigenvalue weighted by molar-refractivity contribution is -0.131. The van der Waals surface area contributed by atoms with Crippen molar-refractivity contribution in [3.05, 3.63) is 71.2 Å². The Bertz CT molecular complexity index is 1710. The van der Waals surface area contributed by atoms with Crippen LogP contribution in [0.15, 0.2) is 60.8 Å². The molecule has 41 heavy (non-hydrogen) atoms. The summed E-state index contributed by atoms with van der Waals surface area (Å²) in [5.41, 5.74) is 2.63. The SMILES string of the molecule is Cc1cc(Oc2ccccc2)ccc1N1C(=O)Nc2c(C(=O)NC3CCN(C(=O)CC#N)CC3)sc3nccc1c23. The molecule has 2 aliphatic rings. The van der Waals surface area contributed by atoms with Crippen LogP contribution in [0.4, 0.5) is 21.9 Å². The lowest BCUT2D eigenvalue weighted by Crippen LogP contribution is -2.46.